The Morgan fingerprint density at radius 3 is 2.46 bits per heavy atom. The number of carbonyl (C=O) groups is 3. The van der Waals surface area contributed by atoms with Gasteiger partial charge in [-0.05, 0) is 24.4 Å². The minimum absolute atomic E-state index is 0.275. The third-order valence-electron chi connectivity index (χ3n) is 3.79. The summed E-state index contributed by atoms with van der Waals surface area (Å²) in [4.78, 5) is 38.4. The highest BCUT2D eigenvalue weighted by Gasteiger charge is 2.36. The van der Waals surface area contributed by atoms with Gasteiger partial charge in [0.05, 0.1) is 4.88 Å². The zero-order chi connectivity index (χ0) is 17.3. The van der Waals surface area contributed by atoms with Crippen LogP contribution >= 0.6 is 11.3 Å². The van der Waals surface area contributed by atoms with Crippen molar-refractivity contribution < 1.29 is 14.4 Å². The van der Waals surface area contributed by atoms with Gasteiger partial charge in [-0.1, -0.05) is 30.8 Å². The summed E-state index contributed by atoms with van der Waals surface area (Å²) in [6.07, 6.45) is 0. The number of rotatable bonds is 3. The second-order valence-corrected chi connectivity index (χ2v) is 6.21. The fourth-order valence-corrected chi connectivity index (χ4v) is 3.14. The highest BCUT2D eigenvalue weighted by atomic mass is 32.1. The summed E-state index contributed by atoms with van der Waals surface area (Å²) in [5.74, 6) is -1.18. The van der Waals surface area contributed by atoms with Crippen LogP contribution in [0.25, 0.3) is 5.70 Å². The van der Waals surface area contributed by atoms with Gasteiger partial charge in [0, 0.05) is 16.8 Å². The van der Waals surface area contributed by atoms with Crippen LogP contribution in [0.5, 0.6) is 0 Å². The van der Waals surface area contributed by atoms with Gasteiger partial charge < -0.3 is 0 Å². The van der Waals surface area contributed by atoms with Crippen LogP contribution in [-0.4, -0.2) is 28.7 Å². The van der Waals surface area contributed by atoms with E-state index in [1.807, 2.05) is 6.07 Å². The van der Waals surface area contributed by atoms with E-state index >= 15 is 0 Å². The fraction of sp³-hybridized carbons (Fsp3) is 0.118. The molecule has 0 bridgehead atoms. The van der Waals surface area contributed by atoms with E-state index in [0.29, 0.717) is 21.7 Å². The van der Waals surface area contributed by atoms with E-state index in [-0.39, 0.29) is 5.91 Å². The molecule has 7 heteroatoms. The predicted octanol–water partition coefficient (Wildman–Crippen LogP) is 2.02. The van der Waals surface area contributed by atoms with Crippen LogP contribution in [0.1, 0.15) is 32.5 Å². The lowest BCUT2D eigenvalue weighted by molar-refractivity contribution is -0.125. The number of benzene rings is 1. The van der Waals surface area contributed by atoms with Gasteiger partial charge in [0.15, 0.2) is 0 Å². The predicted molar refractivity (Wildman–Crippen MR) is 91.0 cm³/mol. The third-order valence-corrected chi connectivity index (χ3v) is 4.66. The number of carbonyl (C=O) groups excluding carboxylic acids is 3. The zero-order valence-corrected chi connectivity index (χ0v) is 13.7. The average molecular weight is 341 g/mol. The van der Waals surface area contributed by atoms with Crippen LogP contribution in [0.2, 0.25) is 0 Å². The number of hydrogen-bond donors (Lipinski definition) is 2. The Morgan fingerprint density at radius 1 is 1.12 bits per heavy atom. The first-order valence-corrected chi connectivity index (χ1v) is 8.14. The maximum Gasteiger partial charge on any atom is 0.279 e. The molecule has 0 spiro atoms. The summed E-state index contributed by atoms with van der Waals surface area (Å²) in [7, 11) is 0. The van der Waals surface area contributed by atoms with Crippen molar-refractivity contribution in [1.82, 2.24) is 15.8 Å². The third kappa shape index (κ3) is 2.69. The van der Waals surface area contributed by atoms with E-state index in [4.69, 9.17) is 0 Å². The van der Waals surface area contributed by atoms with Gasteiger partial charge in [0.2, 0.25) is 0 Å². The molecular weight excluding hydrogens is 326 g/mol. The van der Waals surface area contributed by atoms with E-state index in [1.54, 1.807) is 42.6 Å². The molecule has 1 aromatic carbocycles. The molecule has 1 aliphatic heterocycles. The molecule has 3 amide bonds. The Morgan fingerprint density at radius 2 is 1.83 bits per heavy atom. The van der Waals surface area contributed by atoms with Crippen molar-refractivity contribution in [3.05, 3.63) is 64.4 Å². The Kier molecular flexibility index (Phi) is 4.18. The second-order valence-electron chi connectivity index (χ2n) is 5.26. The molecular formula is C17H15N3O3S. The van der Waals surface area contributed by atoms with Crippen LogP contribution in [0.4, 0.5) is 0 Å². The first kappa shape index (κ1) is 15.9. The number of nitrogens with zero attached hydrogens (tertiary/aromatic N) is 1. The van der Waals surface area contributed by atoms with Crippen LogP contribution in [-0.2, 0) is 4.79 Å². The van der Waals surface area contributed by atoms with Crippen LogP contribution < -0.4 is 10.9 Å². The molecule has 0 radical (unpaired) electrons. The maximum atomic E-state index is 12.5. The number of nitrogens with one attached hydrogen (secondary N) is 2. The number of fused-ring (bicyclic) bond motifs is 1. The van der Waals surface area contributed by atoms with E-state index in [9.17, 15) is 14.4 Å². The fourth-order valence-electron chi connectivity index (χ4n) is 2.52. The summed E-state index contributed by atoms with van der Waals surface area (Å²) in [6.45, 7) is 5.49. The molecule has 1 atom stereocenters. The van der Waals surface area contributed by atoms with Gasteiger partial charge in [-0.15, -0.1) is 11.3 Å². The van der Waals surface area contributed by atoms with E-state index in [1.165, 1.54) is 16.2 Å². The zero-order valence-electron chi connectivity index (χ0n) is 12.9. The molecule has 0 fully saturated rings. The number of hydrazine groups is 1. The lowest BCUT2D eigenvalue weighted by Crippen LogP contribution is -2.50. The minimum Gasteiger partial charge on any atom is -0.296 e. The van der Waals surface area contributed by atoms with Crippen LogP contribution in [0, 0.1) is 0 Å². The topological polar surface area (TPSA) is 78.5 Å². The van der Waals surface area contributed by atoms with Crippen molar-refractivity contribution in [1.29, 1.82) is 0 Å². The van der Waals surface area contributed by atoms with Crippen molar-refractivity contribution >= 4 is 34.8 Å². The summed E-state index contributed by atoms with van der Waals surface area (Å²) < 4.78 is 0. The average Bonchev–Trinajstić information content (AvgIpc) is 3.20. The molecule has 2 aromatic rings. The van der Waals surface area contributed by atoms with Gasteiger partial charge in [-0.25, -0.2) is 0 Å². The van der Waals surface area contributed by atoms with Crippen LogP contribution in [0.15, 0.2) is 48.4 Å². The first-order valence-electron chi connectivity index (χ1n) is 7.26. The largest absolute Gasteiger partial charge is 0.296 e. The van der Waals surface area contributed by atoms with Crippen LogP contribution in [0.3, 0.4) is 0 Å². The van der Waals surface area contributed by atoms with Gasteiger partial charge in [-0.2, -0.15) is 0 Å². The molecule has 122 valence electrons. The Hall–Kier alpha value is -2.93. The van der Waals surface area contributed by atoms with Crippen molar-refractivity contribution in [2.75, 3.05) is 0 Å². The van der Waals surface area contributed by atoms with E-state index in [0.717, 1.165) is 0 Å². The van der Waals surface area contributed by atoms with Crippen molar-refractivity contribution in [3.8, 4) is 0 Å². The Balaban J connectivity index is 1.67. The number of thiophene rings is 1. The maximum absolute atomic E-state index is 12.5. The monoisotopic (exact) mass is 341 g/mol. The molecule has 2 N–H and O–H groups in total. The normalized spacial score (nSPS) is 14.3. The van der Waals surface area contributed by atoms with E-state index < -0.39 is 17.9 Å². The van der Waals surface area contributed by atoms with Gasteiger partial charge in [-0.3, -0.25) is 30.1 Å². The number of amides is 3. The minimum atomic E-state index is -0.805. The smallest absolute Gasteiger partial charge is 0.279 e. The quantitative estimate of drug-likeness (QED) is 0.839. The molecule has 0 aliphatic carbocycles. The molecule has 6 nitrogen and oxygen atoms in total. The molecule has 24 heavy (non-hydrogen) atoms. The summed E-state index contributed by atoms with van der Waals surface area (Å²) in [5, 5.41) is 1.77. The first-order chi connectivity index (χ1) is 11.5. The molecule has 2 heterocycles. The van der Waals surface area contributed by atoms with Gasteiger partial charge >= 0.3 is 0 Å². The summed E-state index contributed by atoms with van der Waals surface area (Å²) in [6, 6.07) is 9.66. The summed E-state index contributed by atoms with van der Waals surface area (Å²) >= 11 is 1.27. The Labute approximate surface area is 142 Å². The highest BCUT2D eigenvalue weighted by molar-refractivity contribution is 7.12. The van der Waals surface area contributed by atoms with Crippen molar-refractivity contribution in [2.24, 2.45) is 0 Å². The SMILES string of the molecule is C=C1c2ccccc2C(=O)N1[C@@H](C)C(=O)NNC(=O)c1cccs1. The Bertz CT molecular complexity index is 794. The lowest BCUT2D eigenvalue weighted by atomic mass is 10.1. The molecule has 0 saturated heterocycles. The second kappa shape index (κ2) is 6.29. The molecule has 0 saturated carbocycles. The van der Waals surface area contributed by atoms with E-state index in [2.05, 4.69) is 17.4 Å². The molecule has 1 aliphatic rings. The lowest BCUT2D eigenvalue weighted by Gasteiger charge is -2.24. The molecule has 1 aromatic heterocycles. The van der Waals surface area contributed by atoms with Gasteiger partial charge in [0.1, 0.15) is 6.04 Å². The van der Waals surface area contributed by atoms with Gasteiger partial charge in [0.25, 0.3) is 17.7 Å². The number of hydrogen-bond acceptors (Lipinski definition) is 4. The molecule has 3 rings (SSSR count). The van der Waals surface area contributed by atoms with Crippen molar-refractivity contribution in [3.63, 3.8) is 0 Å². The van der Waals surface area contributed by atoms with Crippen molar-refractivity contribution in [2.45, 2.75) is 13.0 Å². The highest BCUT2D eigenvalue weighted by Crippen LogP contribution is 2.32. The standard InChI is InChI=1S/C17H15N3O3S/c1-10-12-6-3-4-7-13(12)17(23)20(10)11(2)15(21)18-19-16(22)14-8-5-9-24-14/h3-9,11H,1H2,2H3,(H,18,21)(H,19,22)/t11-/m0/s1. The summed E-state index contributed by atoms with van der Waals surface area (Å²) in [5.41, 5.74) is 6.40. The molecule has 0 unspecified atom stereocenters.